The molecule has 0 unspecified atom stereocenters. The van der Waals surface area contributed by atoms with Crippen LogP contribution >= 0.6 is 0 Å². The van der Waals surface area contributed by atoms with E-state index in [4.69, 9.17) is 9.84 Å². The Morgan fingerprint density at radius 3 is 2.17 bits per heavy atom. The predicted octanol–water partition coefficient (Wildman–Crippen LogP) is 1.98. The summed E-state index contributed by atoms with van der Waals surface area (Å²) in [5.74, 6) is 2.67. The van der Waals surface area contributed by atoms with Crippen molar-refractivity contribution >= 4 is 11.8 Å². The highest BCUT2D eigenvalue weighted by molar-refractivity contribution is 5.78. The molecule has 0 spiro atoms. The number of ether oxygens (including phenoxy) is 1. The second-order valence-electron chi connectivity index (χ2n) is 14.5. The molecule has 12 atom stereocenters. The summed E-state index contributed by atoms with van der Waals surface area (Å²) in [6, 6.07) is 4.62. The summed E-state index contributed by atoms with van der Waals surface area (Å²) >= 11 is 0. The maximum Gasteiger partial charge on any atom is 0.222 e. The fourth-order valence-corrected chi connectivity index (χ4v) is 12.1. The number of fused-ring (bicyclic) bond motifs is 6. The van der Waals surface area contributed by atoms with Crippen LogP contribution in [0.25, 0.3) is 0 Å². The van der Waals surface area contributed by atoms with E-state index in [9.17, 15) is 14.9 Å². The van der Waals surface area contributed by atoms with Crippen LogP contribution in [0.1, 0.15) is 77.0 Å². The molecule has 224 valence electrons. The lowest BCUT2D eigenvalue weighted by Gasteiger charge is -2.63. The molecule has 0 aromatic heterocycles. The number of nitriles is 1. The first kappa shape index (κ1) is 26.9. The Morgan fingerprint density at radius 2 is 1.44 bits per heavy atom. The van der Waals surface area contributed by atoms with Gasteiger partial charge >= 0.3 is 0 Å². The fourth-order valence-electron chi connectivity index (χ4n) is 12.1. The van der Waals surface area contributed by atoms with Crippen molar-refractivity contribution in [1.82, 2.24) is 19.6 Å². The van der Waals surface area contributed by atoms with Crippen LogP contribution in [0.15, 0.2) is 0 Å². The number of hydrogen-bond acceptors (Lipinski definition) is 7. The minimum Gasteiger partial charge on any atom is -0.400 e. The van der Waals surface area contributed by atoms with Crippen molar-refractivity contribution in [2.45, 2.75) is 125 Å². The van der Waals surface area contributed by atoms with E-state index in [0.29, 0.717) is 66.1 Å². The SMILES string of the molecule is CO.N#C[C@H]1N2CCC[C@H]3[C@@H]2[C@H](CN2C(=O)CCC[C@H]32)[C@H]2O[C@]21[C@@H]1CC[C@H]2[C@@H]3[C@@H](CCCN31)CN1C(=O)CCC[C@H]21. The topological polar surface area (TPSA) is 104 Å². The molecule has 0 aliphatic carbocycles. The lowest BCUT2D eigenvalue weighted by molar-refractivity contribution is -0.162. The highest BCUT2D eigenvalue weighted by Crippen LogP contribution is 2.62. The fraction of sp³-hybridized carbons (Fsp3) is 0.906. The average Bonchev–Trinajstić information content (AvgIpc) is 3.76. The van der Waals surface area contributed by atoms with E-state index in [2.05, 4.69) is 25.7 Å². The lowest BCUT2D eigenvalue weighted by atomic mass is 9.61. The lowest BCUT2D eigenvalue weighted by Crippen LogP contribution is -2.76. The van der Waals surface area contributed by atoms with Crippen LogP contribution in [-0.2, 0) is 14.3 Å². The predicted molar refractivity (Wildman–Crippen MR) is 150 cm³/mol. The van der Waals surface area contributed by atoms with Gasteiger partial charge in [0.05, 0.1) is 12.2 Å². The third-order valence-electron chi connectivity index (χ3n) is 13.2. The number of carbonyl (C=O) groups excluding carboxylic acids is 2. The number of piperidine rings is 8. The zero-order chi connectivity index (χ0) is 28.0. The molecule has 9 aliphatic rings. The third-order valence-corrected chi connectivity index (χ3v) is 13.2. The number of carbonyl (C=O) groups is 2. The van der Waals surface area contributed by atoms with Crippen molar-refractivity contribution in [3.8, 4) is 6.07 Å². The van der Waals surface area contributed by atoms with E-state index in [1.165, 1.54) is 19.3 Å². The van der Waals surface area contributed by atoms with Gasteiger partial charge in [-0.3, -0.25) is 19.4 Å². The van der Waals surface area contributed by atoms with Crippen molar-refractivity contribution in [2.75, 3.05) is 33.3 Å². The molecule has 0 bridgehead atoms. The van der Waals surface area contributed by atoms with Gasteiger partial charge in [0, 0.05) is 69.2 Å². The van der Waals surface area contributed by atoms with Crippen LogP contribution in [0.5, 0.6) is 0 Å². The Kier molecular flexibility index (Phi) is 6.49. The first-order chi connectivity index (χ1) is 20.1. The van der Waals surface area contributed by atoms with Crippen LogP contribution in [0.4, 0.5) is 0 Å². The van der Waals surface area contributed by atoms with Crippen LogP contribution in [0.2, 0.25) is 0 Å². The Hall–Kier alpha value is -1.73. The van der Waals surface area contributed by atoms with Crippen molar-refractivity contribution in [3.63, 3.8) is 0 Å². The number of aliphatic hydroxyl groups excluding tert-OH is 1. The number of hydrogen-bond donors (Lipinski definition) is 1. The number of rotatable bonds is 1. The molecule has 9 saturated heterocycles. The normalized spacial score (nSPS) is 50.1. The Morgan fingerprint density at radius 1 is 0.780 bits per heavy atom. The molecule has 0 saturated carbocycles. The van der Waals surface area contributed by atoms with Gasteiger partial charge in [0.25, 0.3) is 0 Å². The molecule has 9 rings (SSSR count). The first-order valence-electron chi connectivity index (χ1n) is 16.7. The second-order valence-corrected chi connectivity index (χ2v) is 14.5. The molecule has 0 aromatic rings. The summed E-state index contributed by atoms with van der Waals surface area (Å²) in [5, 5.41) is 17.8. The highest BCUT2D eigenvalue weighted by Gasteiger charge is 2.78. The van der Waals surface area contributed by atoms with E-state index in [1.54, 1.807) is 0 Å². The molecular weight excluding hydrogens is 518 g/mol. The quantitative estimate of drug-likeness (QED) is 0.485. The van der Waals surface area contributed by atoms with Gasteiger partial charge in [-0.15, -0.1) is 0 Å². The molecule has 9 heteroatoms. The number of amides is 2. The van der Waals surface area contributed by atoms with E-state index < -0.39 is 5.60 Å². The average molecular weight is 566 g/mol. The molecule has 1 N–H and O–H groups in total. The Bertz CT molecular complexity index is 1130. The molecule has 0 aromatic carbocycles. The van der Waals surface area contributed by atoms with E-state index in [0.717, 1.165) is 84.7 Å². The van der Waals surface area contributed by atoms with E-state index >= 15 is 0 Å². The standard InChI is InChI=1S/C31H43N5O3.CH4O/c32-15-25-31(24-12-11-20-23-8-2-9-26(37)35(23)16-18-5-3-13-33(24)28(18)20)30(39-31)21-17-36-22(7-1-10-27(36)38)19-6-4-14-34(25)29(19)21;1-2/h18-25,28-30H,1-14,16-17H2;2H,1H3/t18-,19+,20+,21-,22+,23+,24-,25+,28-,29+,30+,31-;/m0./s1. The number of epoxide rings is 1. The van der Waals surface area contributed by atoms with Gasteiger partial charge in [0.1, 0.15) is 11.6 Å². The van der Waals surface area contributed by atoms with Crippen LogP contribution in [0.3, 0.4) is 0 Å². The third kappa shape index (κ3) is 3.60. The van der Waals surface area contributed by atoms with Crippen molar-refractivity contribution < 1.29 is 19.4 Å². The van der Waals surface area contributed by atoms with Crippen LogP contribution in [-0.4, -0.2) is 118 Å². The minimum absolute atomic E-state index is 0.0953. The maximum atomic E-state index is 13.1. The molecule has 41 heavy (non-hydrogen) atoms. The first-order valence-corrected chi connectivity index (χ1v) is 16.7. The summed E-state index contributed by atoms with van der Waals surface area (Å²) < 4.78 is 6.99. The van der Waals surface area contributed by atoms with Crippen molar-refractivity contribution in [2.24, 2.45) is 23.7 Å². The Balaban J connectivity index is 0.00000125. The van der Waals surface area contributed by atoms with Crippen LogP contribution in [0, 0.1) is 35.0 Å². The van der Waals surface area contributed by atoms with Gasteiger partial charge in [-0.2, -0.15) is 5.26 Å². The van der Waals surface area contributed by atoms with Crippen molar-refractivity contribution in [1.29, 1.82) is 5.26 Å². The van der Waals surface area contributed by atoms with Gasteiger partial charge in [-0.25, -0.2) is 0 Å². The van der Waals surface area contributed by atoms with E-state index in [1.807, 2.05) is 0 Å². The maximum absolute atomic E-state index is 13.1. The van der Waals surface area contributed by atoms with E-state index in [-0.39, 0.29) is 18.2 Å². The van der Waals surface area contributed by atoms with Gasteiger partial charge < -0.3 is 19.6 Å². The zero-order valence-electron chi connectivity index (χ0n) is 24.6. The second kappa shape index (κ2) is 9.90. The number of nitrogens with zero attached hydrogens (tertiary/aromatic N) is 5. The molecule has 9 heterocycles. The summed E-state index contributed by atoms with van der Waals surface area (Å²) in [4.78, 5) is 35.9. The molecule has 9 aliphatic heterocycles. The molecule has 9 nitrogen and oxygen atoms in total. The minimum atomic E-state index is -0.421. The van der Waals surface area contributed by atoms with Crippen LogP contribution < -0.4 is 0 Å². The molecule has 9 fully saturated rings. The molecular formula is C32H47N5O4. The largest absolute Gasteiger partial charge is 0.400 e. The summed E-state index contributed by atoms with van der Waals surface area (Å²) in [7, 11) is 1.00. The van der Waals surface area contributed by atoms with Gasteiger partial charge in [0.15, 0.2) is 0 Å². The summed E-state index contributed by atoms with van der Waals surface area (Å²) in [5.41, 5.74) is -0.421. The summed E-state index contributed by atoms with van der Waals surface area (Å²) in [6.07, 6.45) is 12.8. The number of aliphatic hydroxyl groups is 1. The molecule has 2 amide bonds. The van der Waals surface area contributed by atoms with Gasteiger partial charge in [-0.1, -0.05) is 0 Å². The highest BCUT2D eigenvalue weighted by atomic mass is 16.6. The molecule has 0 radical (unpaired) electrons. The smallest absolute Gasteiger partial charge is 0.222 e. The van der Waals surface area contributed by atoms with Gasteiger partial charge in [0.2, 0.25) is 11.8 Å². The van der Waals surface area contributed by atoms with Crippen molar-refractivity contribution in [3.05, 3.63) is 0 Å². The van der Waals surface area contributed by atoms with Gasteiger partial charge in [-0.05, 0) is 95.1 Å². The Labute approximate surface area is 244 Å². The zero-order valence-corrected chi connectivity index (χ0v) is 24.6. The monoisotopic (exact) mass is 565 g/mol. The summed E-state index contributed by atoms with van der Waals surface area (Å²) in [6.45, 7) is 3.85.